The predicted molar refractivity (Wildman–Crippen MR) is 80.9 cm³/mol. The topological polar surface area (TPSA) is 61.0 Å². The standard InChI is InChI=1S/C15H11ClFN3O/c1-21-9-3-5-13-10(7-9)14(18)20-15(19-13)8-2-4-11(16)12(17)6-8/h2-7H,1H3,(H2,18,19,20). The van der Waals surface area contributed by atoms with Gasteiger partial charge in [-0.1, -0.05) is 11.6 Å². The maximum atomic E-state index is 13.5. The molecular weight excluding hydrogens is 293 g/mol. The van der Waals surface area contributed by atoms with Gasteiger partial charge < -0.3 is 10.5 Å². The lowest BCUT2D eigenvalue weighted by Gasteiger charge is -2.07. The van der Waals surface area contributed by atoms with Crippen LogP contribution < -0.4 is 10.5 Å². The van der Waals surface area contributed by atoms with Gasteiger partial charge in [0.25, 0.3) is 0 Å². The number of nitrogens with zero attached hydrogens (tertiary/aromatic N) is 2. The molecule has 106 valence electrons. The SMILES string of the molecule is COc1ccc2nc(-c3ccc(Cl)c(F)c3)nc(N)c2c1. The van der Waals surface area contributed by atoms with E-state index in [1.54, 1.807) is 31.4 Å². The van der Waals surface area contributed by atoms with Gasteiger partial charge in [-0.15, -0.1) is 0 Å². The van der Waals surface area contributed by atoms with Crippen molar-refractivity contribution in [2.45, 2.75) is 0 Å². The Morgan fingerprint density at radius 2 is 1.95 bits per heavy atom. The molecule has 2 N–H and O–H groups in total. The number of aromatic nitrogens is 2. The van der Waals surface area contributed by atoms with E-state index in [1.807, 2.05) is 0 Å². The third-order valence-electron chi connectivity index (χ3n) is 3.11. The molecule has 0 bridgehead atoms. The maximum Gasteiger partial charge on any atom is 0.162 e. The number of nitrogens with two attached hydrogens (primary N) is 1. The van der Waals surface area contributed by atoms with Crippen LogP contribution in [-0.2, 0) is 0 Å². The first-order chi connectivity index (χ1) is 10.1. The molecular formula is C15H11ClFN3O. The molecule has 2 aromatic carbocycles. The number of anilines is 1. The van der Waals surface area contributed by atoms with Crippen LogP contribution in [0.4, 0.5) is 10.2 Å². The van der Waals surface area contributed by atoms with Gasteiger partial charge in [0.1, 0.15) is 17.4 Å². The van der Waals surface area contributed by atoms with E-state index in [0.29, 0.717) is 33.9 Å². The average Bonchev–Trinajstić information content (AvgIpc) is 2.49. The van der Waals surface area contributed by atoms with E-state index in [9.17, 15) is 4.39 Å². The minimum Gasteiger partial charge on any atom is -0.497 e. The van der Waals surface area contributed by atoms with Gasteiger partial charge in [0.15, 0.2) is 5.82 Å². The zero-order chi connectivity index (χ0) is 15.0. The van der Waals surface area contributed by atoms with E-state index >= 15 is 0 Å². The van der Waals surface area contributed by atoms with Crippen LogP contribution in [-0.4, -0.2) is 17.1 Å². The number of halogens is 2. The molecule has 21 heavy (non-hydrogen) atoms. The quantitative estimate of drug-likeness (QED) is 0.784. The summed E-state index contributed by atoms with van der Waals surface area (Å²) in [6, 6.07) is 9.71. The van der Waals surface area contributed by atoms with Crippen LogP contribution in [0.5, 0.6) is 5.75 Å². The summed E-state index contributed by atoms with van der Waals surface area (Å²) in [6.07, 6.45) is 0. The molecule has 4 nitrogen and oxygen atoms in total. The van der Waals surface area contributed by atoms with Crippen LogP contribution in [0.1, 0.15) is 0 Å². The second-order valence-electron chi connectivity index (χ2n) is 4.44. The van der Waals surface area contributed by atoms with Crippen molar-refractivity contribution in [2.24, 2.45) is 0 Å². The Balaban J connectivity index is 2.18. The van der Waals surface area contributed by atoms with Crippen molar-refractivity contribution in [1.82, 2.24) is 9.97 Å². The van der Waals surface area contributed by atoms with Crippen LogP contribution in [0.15, 0.2) is 36.4 Å². The van der Waals surface area contributed by atoms with Crippen molar-refractivity contribution >= 4 is 28.3 Å². The maximum absolute atomic E-state index is 13.5. The molecule has 0 saturated carbocycles. The summed E-state index contributed by atoms with van der Waals surface area (Å²) in [6.45, 7) is 0. The van der Waals surface area contributed by atoms with Crippen molar-refractivity contribution < 1.29 is 9.13 Å². The molecule has 1 aromatic heterocycles. The lowest BCUT2D eigenvalue weighted by molar-refractivity contribution is 0.415. The summed E-state index contributed by atoms with van der Waals surface area (Å²) >= 11 is 5.67. The molecule has 0 saturated heterocycles. The summed E-state index contributed by atoms with van der Waals surface area (Å²) in [5.74, 6) is 0.805. The molecule has 0 spiro atoms. The van der Waals surface area contributed by atoms with Gasteiger partial charge in [0.05, 0.1) is 17.6 Å². The lowest BCUT2D eigenvalue weighted by Crippen LogP contribution is -1.98. The zero-order valence-corrected chi connectivity index (χ0v) is 11.9. The second kappa shape index (κ2) is 5.18. The summed E-state index contributed by atoms with van der Waals surface area (Å²) in [5, 5.41) is 0.741. The van der Waals surface area contributed by atoms with Crippen molar-refractivity contribution in [3.8, 4) is 17.1 Å². The summed E-state index contributed by atoms with van der Waals surface area (Å²) in [7, 11) is 1.57. The van der Waals surface area contributed by atoms with Crippen molar-refractivity contribution in [3.63, 3.8) is 0 Å². The smallest absolute Gasteiger partial charge is 0.162 e. The highest BCUT2D eigenvalue weighted by molar-refractivity contribution is 6.30. The van der Waals surface area contributed by atoms with Gasteiger partial charge in [0, 0.05) is 10.9 Å². The minimum absolute atomic E-state index is 0.0530. The molecule has 0 aliphatic rings. The molecule has 0 amide bonds. The fraction of sp³-hybridized carbons (Fsp3) is 0.0667. The van der Waals surface area contributed by atoms with Crippen LogP contribution in [0.3, 0.4) is 0 Å². The van der Waals surface area contributed by atoms with Crippen molar-refractivity contribution in [3.05, 3.63) is 47.2 Å². The van der Waals surface area contributed by atoms with E-state index in [4.69, 9.17) is 22.1 Å². The van der Waals surface area contributed by atoms with Gasteiger partial charge in [-0.25, -0.2) is 14.4 Å². The zero-order valence-electron chi connectivity index (χ0n) is 11.1. The number of rotatable bonds is 2. The Morgan fingerprint density at radius 3 is 2.67 bits per heavy atom. The third-order valence-corrected chi connectivity index (χ3v) is 3.42. The monoisotopic (exact) mass is 303 g/mol. The fourth-order valence-electron chi connectivity index (χ4n) is 2.02. The Labute approximate surface area is 125 Å². The van der Waals surface area contributed by atoms with Crippen LogP contribution in [0.25, 0.3) is 22.3 Å². The molecule has 0 aliphatic carbocycles. The van der Waals surface area contributed by atoms with Crippen molar-refractivity contribution in [2.75, 3.05) is 12.8 Å². The largest absolute Gasteiger partial charge is 0.497 e. The third kappa shape index (κ3) is 2.48. The van der Waals surface area contributed by atoms with Gasteiger partial charge in [-0.05, 0) is 36.4 Å². The van der Waals surface area contributed by atoms with Crippen LogP contribution in [0, 0.1) is 5.82 Å². The molecule has 1 heterocycles. The van der Waals surface area contributed by atoms with E-state index in [0.717, 1.165) is 0 Å². The summed E-state index contributed by atoms with van der Waals surface area (Å²) in [5.41, 5.74) is 7.14. The highest BCUT2D eigenvalue weighted by Gasteiger charge is 2.10. The highest BCUT2D eigenvalue weighted by Crippen LogP contribution is 2.27. The molecule has 6 heteroatoms. The summed E-state index contributed by atoms with van der Waals surface area (Å²) < 4.78 is 18.7. The van der Waals surface area contributed by atoms with Crippen LogP contribution >= 0.6 is 11.6 Å². The van der Waals surface area contributed by atoms with Gasteiger partial charge in [0.2, 0.25) is 0 Å². The van der Waals surface area contributed by atoms with E-state index in [2.05, 4.69) is 9.97 Å². The molecule has 0 unspecified atom stereocenters. The van der Waals surface area contributed by atoms with E-state index < -0.39 is 5.82 Å². The first kappa shape index (κ1) is 13.6. The number of methoxy groups -OCH3 is 1. The van der Waals surface area contributed by atoms with Crippen molar-refractivity contribution in [1.29, 1.82) is 0 Å². The lowest BCUT2D eigenvalue weighted by atomic mass is 10.1. The molecule has 0 fully saturated rings. The van der Waals surface area contributed by atoms with E-state index in [1.165, 1.54) is 12.1 Å². The Kier molecular flexibility index (Phi) is 3.35. The Hall–Kier alpha value is -2.40. The van der Waals surface area contributed by atoms with E-state index in [-0.39, 0.29) is 5.02 Å². The molecule has 0 atom stereocenters. The average molecular weight is 304 g/mol. The van der Waals surface area contributed by atoms with Gasteiger partial charge in [-0.2, -0.15) is 0 Å². The van der Waals surface area contributed by atoms with Gasteiger partial charge in [-0.3, -0.25) is 0 Å². The number of fused-ring (bicyclic) bond motifs is 1. The fourth-order valence-corrected chi connectivity index (χ4v) is 2.14. The number of nitrogen functional groups attached to an aromatic ring is 1. The number of benzene rings is 2. The Bertz CT molecular complexity index is 839. The molecule has 0 aliphatic heterocycles. The van der Waals surface area contributed by atoms with Gasteiger partial charge >= 0.3 is 0 Å². The van der Waals surface area contributed by atoms with Crippen LogP contribution in [0.2, 0.25) is 5.02 Å². The molecule has 3 aromatic rings. The number of hydrogen-bond donors (Lipinski definition) is 1. The highest BCUT2D eigenvalue weighted by atomic mass is 35.5. The summed E-state index contributed by atoms with van der Waals surface area (Å²) in [4.78, 5) is 8.62. The minimum atomic E-state index is -0.522. The molecule has 3 rings (SSSR count). The molecule has 0 radical (unpaired) electrons. The predicted octanol–water partition coefficient (Wildman–Crippen LogP) is 3.68. The normalized spacial score (nSPS) is 10.8. The first-order valence-electron chi connectivity index (χ1n) is 6.15. The number of ether oxygens (including phenoxy) is 1. The second-order valence-corrected chi connectivity index (χ2v) is 4.85. The Morgan fingerprint density at radius 1 is 1.14 bits per heavy atom. The first-order valence-corrected chi connectivity index (χ1v) is 6.53. The number of hydrogen-bond acceptors (Lipinski definition) is 4.